The van der Waals surface area contributed by atoms with E-state index < -0.39 is 5.97 Å². The highest BCUT2D eigenvalue weighted by Gasteiger charge is 2.32. The zero-order valence-electron chi connectivity index (χ0n) is 18.2. The molecule has 0 spiro atoms. The number of hydrogen-bond donors (Lipinski definition) is 1. The Morgan fingerprint density at radius 1 is 1.16 bits per heavy atom. The Kier molecular flexibility index (Phi) is 5.76. The molecule has 0 radical (unpaired) electrons. The first kappa shape index (κ1) is 21.0. The van der Waals surface area contributed by atoms with Gasteiger partial charge in [0.25, 0.3) is 5.91 Å². The van der Waals surface area contributed by atoms with Crippen molar-refractivity contribution in [3.63, 3.8) is 0 Å². The quantitative estimate of drug-likeness (QED) is 0.711. The van der Waals surface area contributed by atoms with Crippen LogP contribution in [0.5, 0.6) is 11.5 Å². The van der Waals surface area contributed by atoms with Crippen molar-refractivity contribution in [1.82, 2.24) is 0 Å². The molecule has 1 fully saturated rings. The van der Waals surface area contributed by atoms with Gasteiger partial charge in [0.1, 0.15) is 5.60 Å². The molecule has 1 amide bonds. The smallest absolute Gasteiger partial charge is 0.337 e. The molecule has 31 heavy (non-hydrogen) atoms. The summed E-state index contributed by atoms with van der Waals surface area (Å²) in [6, 6.07) is 11.0. The van der Waals surface area contributed by atoms with Crippen LogP contribution in [0.25, 0.3) is 0 Å². The minimum Gasteiger partial charge on any atom is -0.483 e. The molecule has 0 unspecified atom stereocenters. The van der Waals surface area contributed by atoms with Crippen molar-refractivity contribution in [2.45, 2.75) is 38.7 Å². The van der Waals surface area contributed by atoms with Gasteiger partial charge < -0.3 is 24.4 Å². The maximum Gasteiger partial charge on any atom is 0.337 e. The molecule has 7 nitrogen and oxygen atoms in total. The van der Waals surface area contributed by atoms with Crippen molar-refractivity contribution in [3.8, 4) is 11.5 Å². The lowest BCUT2D eigenvalue weighted by atomic mass is 10.0. The van der Waals surface area contributed by atoms with Gasteiger partial charge in [-0.3, -0.25) is 4.79 Å². The molecule has 1 saturated heterocycles. The summed E-state index contributed by atoms with van der Waals surface area (Å²) in [6.07, 6.45) is 3.00. The van der Waals surface area contributed by atoms with Gasteiger partial charge in [-0.2, -0.15) is 0 Å². The molecule has 2 aromatic rings. The Bertz CT molecular complexity index is 995. The number of methoxy groups -OCH3 is 1. The fourth-order valence-corrected chi connectivity index (χ4v) is 4.15. The predicted molar refractivity (Wildman–Crippen MR) is 118 cm³/mol. The number of amides is 1. The zero-order chi connectivity index (χ0) is 22.0. The zero-order valence-corrected chi connectivity index (χ0v) is 18.2. The summed E-state index contributed by atoms with van der Waals surface area (Å²) in [5.41, 5.74) is 2.64. The molecule has 164 valence electrons. The summed E-state index contributed by atoms with van der Waals surface area (Å²) < 4.78 is 16.6. The van der Waals surface area contributed by atoms with E-state index in [1.807, 2.05) is 32.0 Å². The fourth-order valence-electron chi connectivity index (χ4n) is 4.15. The van der Waals surface area contributed by atoms with Gasteiger partial charge in [-0.05, 0) is 51.0 Å². The topological polar surface area (TPSA) is 77.1 Å². The second kappa shape index (κ2) is 8.49. The normalized spacial score (nSPS) is 16.4. The molecule has 4 rings (SSSR count). The summed E-state index contributed by atoms with van der Waals surface area (Å²) in [4.78, 5) is 26.9. The summed E-state index contributed by atoms with van der Waals surface area (Å²) in [5, 5.41) is 2.91. The lowest BCUT2D eigenvalue weighted by molar-refractivity contribution is -0.118. The Morgan fingerprint density at radius 2 is 1.94 bits per heavy atom. The van der Waals surface area contributed by atoms with Gasteiger partial charge in [0.2, 0.25) is 0 Å². The van der Waals surface area contributed by atoms with E-state index in [0.29, 0.717) is 22.7 Å². The standard InChI is InChI=1S/C24H28N2O5/c1-24(2)14-17-7-6-8-20(22(17)31-24)30-15-21(27)25-18-13-16(23(28)29-3)9-10-19(18)26-11-4-5-12-26/h6-10,13H,4-5,11-12,14-15H2,1-3H3,(H,25,27). The van der Waals surface area contributed by atoms with Crippen molar-refractivity contribution in [3.05, 3.63) is 47.5 Å². The third-order valence-corrected chi connectivity index (χ3v) is 5.55. The maximum atomic E-state index is 12.7. The number of fused-ring (bicyclic) bond motifs is 1. The van der Waals surface area contributed by atoms with E-state index in [-0.39, 0.29) is 18.1 Å². The van der Waals surface area contributed by atoms with Crippen molar-refractivity contribution in [2.24, 2.45) is 0 Å². The third-order valence-electron chi connectivity index (χ3n) is 5.55. The number of nitrogens with zero attached hydrogens (tertiary/aromatic N) is 1. The van der Waals surface area contributed by atoms with E-state index >= 15 is 0 Å². The highest BCUT2D eigenvalue weighted by atomic mass is 16.5. The van der Waals surface area contributed by atoms with Crippen LogP contribution in [0.2, 0.25) is 0 Å². The second-order valence-electron chi connectivity index (χ2n) is 8.54. The number of anilines is 2. The molecule has 2 aliphatic rings. The van der Waals surface area contributed by atoms with Gasteiger partial charge in [-0.25, -0.2) is 4.79 Å². The molecular formula is C24H28N2O5. The summed E-state index contributed by atoms with van der Waals surface area (Å²) >= 11 is 0. The lowest BCUT2D eigenvalue weighted by Gasteiger charge is -2.22. The largest absolute Gasteiger partial charge is 0.483 e. The predicted octanol–water partition coefficient (Wildman–Crippen LogP) is 3.80. The average Bonchev–Trinajstić information content (AvgIpc) is 3.38. The molecule has 0 aliphatic carbocycles. The molecule has 0 saturated carbocycles. The Hall–Kier alpha value is -3.22. The van der Waals surface area contributed by atoms with Crippen molar-refractivity contribution in [1.29, 1.82) is 0 Å². The monoisotopic (exact) mass is 424 g/mol. The number of rotatable bonds is 6. The first-order chi connectivity index (χ1) is 14.9. The Labute approximate surface area is 182 Å². The van der Waals surface area contributed by atoms with E-state index in [1.54, 1.807) is 18.2 Å². The van der Waals surface area contributed by atoms with Gasteiger partial charge in [-0.15, -0.1) is 0 Å². The number of para-hydroxylation sites is 1. The highest BCUT2D eigenvalue weighted by Crippen LogP contribution is 2.41. The SMILES string of the molecule is COC(=O)c1ccc(N2CCCC2)c(NC(=O)COc2cccc3c2OC(C)(C)C3)c1. The Balaban J connectivity index is 1.49. The van der Waals surface area contributed by atoms with Gasteiger partial charge in [0.15, 0.2) is 18.1 Å². The first-order valence-corrected chi connectivity index (χ1v) is 10.6. The molecular weight excluding hydrogens is 396 g/mol. The van der Waals surface area contributed by atoms with Crippen LogP contribution in [0.3, 0.4) is 0 Å². The van der Waals surface area contributed by atoms with E-state index in [0.717, 1.165) is 43.6 Å². The van der Waals surface area contributed by atoms with Gasteiger partial charge >= 0.3 is 5.97 Å². The number of carbonyl (C=O) groups is 2. The first-order valence-electron chi connectivity index (χ1n) is 10.6. The Morgan fingerprint density at radius 3 is 2.68 bits per heavy atom. The minimum absolute atomic E-state index is 0.165. The van der Waals surface area contributed by atoms with Gasteiger partial charge in [0, 0.05) is 25.1 Å². The van der Waals surface area contributed by atoms with E-state index in [9.17, 15) is 9.59 Å². The maximum absolute atomic E-state index is 12.7. The van der Waals surface area contributed by atoms with Crippen molar-refractivity contribution >= 4 is 23.3 Å². The molecule has 0 aromatic heterocycles. The number of nitrogens with one attached hydrogen (secondary N) is 1. The lowest BCUT2D eigenvalue weighted by Crippen LogP contribution is -2.25. The van der Waals surface area contributed by atoms with Crippen LogP contribution in [0.15, 0.2) is 36.4 Å². The van der Waals surface area contributed by atoms with Crippen LogP contribution >= 0.6 is 0 Å². The van der Waals surface area contributed by atoms with Crippen molar-refractivity contribution in [2.75, 3.05) is 37.0 Å². The average molecular weight is 424 g/mol. The van der Waals surface area contributed by atoms with Crippen LogP contribution < -0.4 is 19.7 Å². The van der Waals surface area contributed by atoms with Crippen LogP contribution in [-0.2, 0) is 16.0 Å². The highest BCUT2D eigenvalue weighted by molar-refractivity contribution is 5.98. The number of hydrogen-bond acceptors (Lipinski definition) is 6. The van der Waals surface area contributed by atoms with Crippen LogP contribution in [0.4, 0.5) is 11.4 Å². The fraction of sp³-hybridized carbons (Fsp3) is 0.417. The molecule has 1 N–H and O–H groups in total. The molecule has 2 aromatic carbocycles. The number of carbonyl (C=O) groups excluding carboxylic acids is 2. The number of benzene rings is 2. The molecule has 0 bridgehead atoms. The van der Waals surface area contributed by atoms with E-state index in [1.165, 1.54) is 7.11 Å². The minimum atomic E-state index is -0.445. The third kappa shape index (κ3) is 4.60. The summed E-state index contributed by atoms with van der Waals surface area (Å²) in [6.45, 7) is 5.72. The summed E-state index contributed by atoms with van der Waals surface area (Å²) in [7, 11) is 1.34. The van der Waals surface area contributed by atoms with Crippen LogP contribution in [0, 0.1) is 0 Å². The van der Waals surface area contributed by atoms with Gasteiger partial charge in [-0.1, -0.05) is 12.1 Å². The van der Waals surface area contributed by atoms with E-state index in [2.05, 4.69) is 10.2 Å². The number of esters is 1. The molecule has 2 aliphatic heterocycles. The van der Waals surface area contributed by atoms with Gasteiger partial charge in [0.05, 0.1) is 24.0 Å². The van der Waals surface area contributed by atoms with Crippen LogP contribution in [-0.4, -0.2) is 44.3 Å². The second-order valence-corrected chi connectivity index (χ2v) is 8.54. The molecule has 0 atom stereocenters. The number of ether oxygens (including phenoxy) is 3. The molecule has 2 heterocycles. The summed E-state index contributed by atoms with van der Waals surface area (Å²) in [5.74, 6) is 0.503. The van der Waals surface area contributed by atoms with E-state index in [4.69, 9.17) is 14.2 Å². The van der Waals surface area contributed by atoms with Crippen LogP contribution in [0.1, 0.15) is 42.6 Å². The molecule has 7 heteroatoms. The van der Waals surface area contributed by atoms with Crippen molar-refractivity contribution < 1.29 is 23.8 Å².